The predicted octanol–water partition coefficient (Wildman–Crippen LogP) is 3.28. The Morgan fingerprint density at radius 3 is 2.35 bits per heavy atom. The zero-order valence-electron chi connectivity index (χ0n) is 10.4. The molecule has 1 aromatic carbocycles. The third-order valence-corrected chi connectivity index (χ3v) is 3.17. The molecule has 17 heavy (non-hydrogen) atoms. The third kappa shape index (κ3) is 3.93. The van der Waals surface area contributed by atoms with Gasteiger partial charge in [-0.25, -0.2) is 0 Å². The summed E-state index contributed by atoms with van der Waals surface area (Å²) in [5.41, 5.74) is 0.344. The quantitative estimate of drug-likeness (QED) is 0.878. The minimum atomic E-state index is -0.762. The average Bonchev–Trinajstić information content (AvgIpc) is 2.27. The van der Waals surface area contributed by atoms with Gasteiger partial charge in [0.25, 0.3) is 0 Å². The topological polar surface area (TPSA) is 40.5 Å². The van der Waals surface area contributed by atoms with Crippen molar-refractivity contribution < 1.29 is 9.90 Å². The molecule has 0 amide bonds. The monoisotopic (exact) mass is 255 g/mol. The number of nitrogens with zero attached hydrogens (tertiary/aromatic N) is 1. The Kier molecular flexibility index (Phi) is 4.40. The van der Waals surface area contributed by atoms with Gasteiger partial charge in [-0.2, -0.15) is 0 Å². The van der Waals surface area contributed by atoms with E-state index in [9.17, 15) is 4.79 Å². The fraction of sp³-hybridized carbons (Fsp3) is 0.462. The Bertz CT molecular complexity index is 387. The molecule has 0 bridgehead atoms. The molecule has 0 aromatic heterocycles. The molecule has 0 radical (unpaired) electrons. The summed E-state index contributed by atoms with van der Waals surface area (Å²) >= 11 is 5.81. The van der Waals surface area contributed by atoms with Gasteiger partial charge in [-0.3, -0.25) is 4.79 Å². The first-order valence-corrected chi connectivity index (χ1v) is 5.91. The van der Waals surface area contributed by atoms with E-state index in [2.05, 4.69) is 0 Å². The highest BCUT2D eigenvalue weighted by Crippen LogP contribution is 2.23. The molecule has 0 aliphatic rings. The maximum atomic E-state index is 11.0. The summed E-state index contributed by atoms with van der Waals surface area (Å²) in [6.45, 7) is 4.18. The molecule has 1 aromatic rings. The van der Waals surface area contributed by atoms with Crippen LogP contribution in [0.15, 0.2) is 24.3 Å². The SMILES string of the molecule is CN(CCC(C)(C)C(=O)O)c1ccc(Cl)cc1. The van der Waals surface area contributed by atoms with Gasteiger partial charge in [0.15, 0.2) is 0 Å². The molecule has 0 spiro atoms. The molecule has 3 nitrogen and oxygen atoms in total. The lowest BCUT2D eigenvalue weighted by atomic mass is 9.89. The van der Waals surface area contributed by atoms with Gasteiger partial charge in [0.2, 0.25) is 0 Å². The molecule has 0 saturated heterocycles. The van der Waals surface area contributed by atoms with Crippen LogP contribution in [-0.2, 0) is 4.79 Å². The summed E-state index contributed by atoms with van der Waals surface area (Å²) in [7, 11) is 1.95. The van der Waals surface area contributed by atoms with Crippen LogP contribution in [0.1, 0.15) is 20.3 Å². The van der Waals surface area contributed by atoms with E-state index in [1.54, 1.807) is 13.8 Å². The Morgan fingerprint density at radius 2 is 1.88 bits per heavy atom. The van der Waals surface area contributed by atoms with Crippen molar-refractivity contribution in [3.63, 3.8) is 0 Å². The maximum Gasteiger partial charge on any atom is 0.309 e. The third-order valence-electron chi connectivity index (χ3n) is 2.92. The van der Waals surface area contributed by atoms with Crippen LogP contribution in [0.25, 0.3) is 0 Å². The highest BCUT2D eigenvalue weighted by molar-refractivity contribution is 6.30. The number of carbonyl (C=O) groups is 1. The van der Waals surface area contributed by atoms with Crippen molar-refractivity contribution in [3.8, 4) is 0 Å². The van der Waals surface area contributed by atoms with Crippen molar-refractivity contribution in [2.45, 2.75) is 20.3 Å². The van der Waals surface area contributed by atoms with E-state index in [1.165, 1.54) is 0 Å². The van der Waals surface area contributed by atoms with Gasteiger partial charge in [-0.15, -0.1) is 0 Å². The molecular weight excluding hydrogens is 238 g/mol. The molecule has 1 N–H and O–H groups in total. The summed E-state index contributed by atoms with van der Waals surface area (Å²) < 4.78 is 0. The largest absolute Gasteiger partial charge is 0.481 e. The van der Waals surface area contributed by atoms with Crippen LogP contribution in [0.2, 0.25) is 5.02 Å². The summed E-state index contributed by atoms with van der Waals surface area (Å²) in [5, 5.41) is 9.73. The number of anilines is 1. The first-order valence-electron chi connectivity index (χ1n) is 5.53. The van der Waals surface area contributed by atoms with Crippen LogP contribution < -0.4 is 4.90 Å². The van der Waals surface area contributed by atoms with Gasteiger partial charge in [-0.05, 0) is 44.5 Å². The molecule has 0 heterocycles. The second-order valence-corrected chi connectivity index (χ2v) is 5.27. The first kappa shape index (κ1) is 13.8. The van der Waals surface area contributed by atoms with Crippen molar-refractivity contribution in [2.24, 2.45) is 5.41 Å². The number of rotatable bonds is 5. The number of carboxylic acids is 1. The number of hydrogen-bond donors (Lipinski definition) is 1. The van der Waals surface area contributed by atoms with Gasteiger partial charge in [0.05, 0.1) is 5.41 Å². The van der Waals surface area contributed by atoms with Crippen LogP contribution in [0, 0.1) is 5.41 Å². The van der Waals surface area contributed by atoms with Crippen LogP contribution >= 0.6 is 11.6 Å². The van der Waals surface area contributed by atoms with E-state index in [4.69, 9.17) is 16.7 Å². The second-order valence-electron chi connectivity index (χ2n) is 4.84. The molecule has 94 valence electrons. The zero-order chi connectivity index (χ0) is 13.1. The van der Waals surface area contributed by atoms with Crippen molar-refractivity contribution in [1.29, 1.82) is 0 Å². The Balaban J connectivity index is 2.58. The fourth-order valence-electron chi connectivity index (χ4n) is 1.38. The van der Waals surface area contributed by atoms with Crippen molar-refractivity contribution >= 4 is 23.3 Å². The van der Waals surface area contributed by atoms with E-state index in [0.29, 0.717) is 18.0 Å². The summed E-state index contributed by atoms with van der Waals surface area (Å²) in [5.74, 6) is -0.762. The van der Waals surface area contributed by atoms with Gasteiger partial charge >= 0.3 is 5.97 Å². The lowest BCUT2D eigenvalue weighted by molar-refractivity contribution is -0.147. The van der Waals surface area contributed by atoms with Crippen LogP contribution in [-0.4, -0.2) is 24.7 Å². The molecule has 0 unspecified atom stereocenters. The molecule has 0 aliphatic carbocycles. The first-order chi connectivity index (χ1) is 7.83. The number of benzene rings is 1. The summed E-state index contributed by atoms with van der Waals surface area (Å²) in [6, 6.07) is 7.51. The van der Waals surface area contributed by atoms with E-state index in [1.807, 2.05) is 36.2 Å². The van der Waals surface area contributed by atoms with Gasteiger partial charge in [0.1, 0.15) is 0 Å². The zero-order valence-corrected chi connectivity index (χ0v) is 11.2. The minimum absolute atomic E-state index is 0.599. The van der Waals surface area contributed by atoms with E-state index < -0.39 is 11.4 Å². The number of carboxylic acid groups (broad SMARTS) is 1. The fourth-order valence-corrected chi connectivity index (χ4v) is 1.50. The summed E-state index contributed by atoms with van der Waals surface area (Å²) in [6.07, 6.45) is 0.599. The van der Waals surface area contributed by atoms with Crippen LogP contribution in [0.5, 0.6) is 0 Å². The van der Waals surface area contributed by atoms with Gasteiger partial charge in [-0.1, -0.05) is 11.6 Å². The highest BCUT2D eigenvalue weighted by atomic mass is 35.5. The number of halogens is 1. The molecule has 4 heteroatoms. The van der Waals surface area contributed by atoms with Crippen LogP contribution in [0.4, 0.5) is 5.69 Å². The van der Waals surface area contributed by atoms with Gasteiger partial charge < -0.3 is 10.0 Å². The molecule has 0 saturated carbocycles. The van der Waals surface area contributed by atoms with Gasteiger partial charge in [0, 0.05) is 24.3 Å². The lowest BCUT2D eigenvalue weighted by Gasteiger charge is -2.25. The van der Waals surface area contributed by atoms with E-state index >= 15 is 0 Å². The number of aliphatic carboxylic acids is 1. The standard InChI is InChI=1S/C13H18ClNO2/c1-13(2,12(16)17)8-9-15(3)11-6-4-10(14)5-7-11/h4-7H,8-9H2,1-3H3,(H,16,17). The number of hydrogen-bond acceptors (Lipinski definition) is 2. The Labute approximate surface area is 107 Å². The minimum Gasteiger partial charge on any atom is -0.481 e. The maximum absolute atomic E-state index is 11.0. The lowest BCUT2D eigenvalue weighted by Crippen LogP contribution is -2.30. The normalized spacial score (nSPS) is 11.3. The van der Waals surface area contributed by atoms with E-state index in [-0.39, 0.29) is 0 Å². The molecule has 1 rings (SSSR count). The highest BCUT2D eigenvalue weighted by Gasteiger charge is 2.26. The molecule has 0 aliphatic heterocycles. The average molecular weight is 256 g/mol. The van der Waals surface area contributed by atoms with E-state index in [0.717, 1.165) is 5.69 Å². The Morgan fingerprint density at radius 1 is 1.35 bits per heavy atom. The second kappa shape index (κ2) is 5.41. The molecule has 0 atom stereocenters. The smallest absolute Gasteiger partial charge is 0.309 e. The van der Waals surface area contributed by atoms with Crippen molar-refractivity contribution in [3.05, 3.63) is 29.3 Å². The van der Waals surface area contributed by atoms with Crippen molar-refractivity contribution in [1.82, 2.24) is 0 Å². The predicted molar refractivity (Wildman–Crippen MR) is 70.8 cm³/mol. The van der Waals surface area contributed by atoms with Crippen molar-refractivity contribution in [2.75, 3.05) is 18.5 Å². The molecular formula is C13H18ClNO2. The molecule has 0 fully saturated rings. The van der Waals surface area contributed by atoms with Crippen LogP contribution in [0.3, 0.4) is 0 Å². The Hall–Kier alpha value is -1.22. The summed E-state index contributed by atoms with van der Waals surface area (Å²) in [4.78, 5) is 13.0.